The molecule has 0 saturated heterocycles. The van der Waals surface area contributed by atoms with Gasteiger partial charge in [-0.3, -0.25) is 0 Å². The molecule has 18 heavy (non-hydrogen) atoms. The highest BCUT2D eigenvalue weighted by atomic mass is 16.4. The highest BCUT2D eigenvalue weighted by Gasteiger charge is 2.13. The van der Waals surface area contributed by atoms with Gasteiger partial charge in [0.1, 0.15) is 0 Å². The third-order valence-electron chi connectivity index (χ3n) is 2.98. The molecular weight excluding hydrogens is 232 g/mol. The predicted octanol–water partition coefficient (Wildman–Crippen LogP) is 2.07. The van der Waals surface area contributed by atoms with E-state index in [0.717, 1.165) is 11.0 Å². The summed E-state index contributed by atoms with van der Waals surface area (Å²) in [7, 11) is 0. The normalized spacial score (nSPS) is 14.6. The van der Waals surface area contributed by atoms with Crippen molar-refractivity contribution in [3.05, 3.63) is 30.1 Å². The summed E-state index contributed by atoms with van der Waals surface area (Å²) in [4.78, 5) is 15.2. The first-order valence-corrected chi connectivity index (χ1v) is 5.87. The SMILES string of the molecule is CC(O)CC(C)n1cnc2ccc(C(=O)O)cc21. The van der Waals surface area contributed by atoms with Crippen LogP contribution in [0.15, 0.2) is 24.5 Å². The smallest absolute Gasteiger partial charge is 0.335 e. The van der Waals surface area contributed by atoms with Crippen molar-refractivity contribution in [3.63, 3.8) is 0 Å². The average molecular weight is 248 g/mol. The number of aromatic carboxylic acids is 1. The lowest BCUT2D eigenvalue weighted by molar-refractivity contribution is 0.0697. The first-order valence-electron chi connectivity index (χ1n) is 5.87. The van der Waals surface area contributed by atoms with Gasteiger partial charge in [0.2, 0.25) is 0 Å². The molecule has 1 heterocycles. The highest BCUT2D eigenvalue weighted by Crippen LogP contribution is 2.22. The van der Waals surface area contributed by atoms with Gasteiger partial charge < -0.3 is 14.8 Å². The summed E-state index contributed by atoms with van der Waals surface area (Å²) in [6.45, 7) is 3.71. The third-order valence-corrected chi connectivity index (χ3v) is 2.98. The number of imidazole rings is 1. The van der Waals surface area contributed by atoms with E-state index < -0.39 is 12.1 Å². The number of fused-ring (bicyclic) bond motifs is 1. The molecule has 0 amide bonds. The van der Waals surface area contributed by atoms with Gasteiger partial charge in [0, 0.05) is 6.04 Å². The molecule has 2 unspecified atom stereocenters. The topological polar surface area (TPSA) is 75.3 Å². The van der Waals surface area contributed by atoms with Crippen LogP contribution in [0.3, 0.4) is 0 Å². The molecule has 2 atom stereocenters. The molecule has 5 heteroatoms. The van der Waals surface area contributed by atoms with Gasteiger partial charge in [-0.15, -0.1) is 0 Å². The van der Waals surface area contributed by atoms with Gasteiger partial charge in [0.05, 0.1) is 29.0 Å². The second kappa shape index (κ2) is 4.78. The van der Waals surface area contributed by atoms with E-state index in [9.17, 15) is 9.90 Å². The summed E-state index contributed by atoms with van der Waals surface area (Å²) < 4.78 is 1.90. The molecule has 0 saturated carbocycles. The monoisotopic (exact) mass is 248 g/mol. The van der Waals surface area contributed by atoms with E-state index in [0.29, 0.717) is 6.42 Å². The Kier molecular flexibility index (Phi) is 3.34. The van der Waals surface area contributed by atoms with Crippen LogP contribution in [-0.2, 0) is 0 Å². The number of rotatable bonds is 4. The van der Waals surface area contributed by atoms with Crippen molar-refractivity contribution in [2.45, 2.75) is 32.4 Å². The number of nitrogens with zero attached hydrogens (tertiary/aromatic N) is 2. The number of aliphatic hydroxyl groups excluding tert-OH is 1. The van der Waals surface area contributed by atoms with Gasteiger partial charge in [0.15, 0.2) is 0 Å². The minimum atomic E-state index is -0.951. The van der Waals surface area contributed by atoms with E-state index in [1.54, 1.807) is 31.5 Å². The van der Waals surface area contributed by atoms with Gasteiger partial charge in [-0.25, -0.2) is 9.78 Å². The second-order valence-corrected chi connectivity index (χ2v) is 4.59. The number of hydrogen-bond donors (Lipinski definition) is 2. The first-order chi connectivity index (χ1) is 8.49. The van der Waals surface area contributed by atoms with Gasteiger partial charge in [-0.1, -0.05) is 0 Å². The third kappa shape index (κ3) is 2.36. The van der Waals surface area contributed by atoms with Crippen molar-refractivity contribution in [1.82, 2.24) is 9.55 Å². The van der Waals surface area contributed by atoms with E-state index in [4.69, 9.17) is 5.11 Å². The molecule has 2 rings (SSSR count). The Bertz CT molecular complexity index is 575. The molecule has 0 aliphatic rings. The molecule has 0 radical (unpaired) electrons. The van der Waals surface area contributed by atoms with E-state index in [1.165, 1.54) is 0 Å². The van der Waals surface area contributed by atoms with Crippen LogP contribution in [-0.4, -0.2) is 31.8 Å². The predicted molar refractivity (Wildman–Crippen MR) is 67.7 cm³/mol. The van der Waals surface area contributed by atoms with Crippen LogP contribution in [0, 0.1) is 0 Å². The maximum absolute atomic E-state index is 11.0. The van der Waals surface area contributed by atoms with Crippen molar-refractivity contribution in [2.24, 2.45) is 0 Å². The van der Waals surface area contributed by atoms with Crippen LogP contribution in [0.2, 0.25) is 0 Å². The quantitative estimate of drug-likeness (QED) is 0.868. The molecule has 0 aliphatic carbocycles. The molecule has 2 N–H and O–H groups in total. The van der Waals surface area contributed by atoms with Crippen molar-refractivity contribution >= 4 is 17.0 Å². The summed E-state index contributed by atoms with van der Waals surface area (Å²) in [5, 5.41) is 18.4. The van der Waals surface area contributed by atoms with Crippen LogP contribution >= 0.6 is 0 Å². The van der Waals surface area contributed by atoms with E-state index in [2.05, 4.69) is 4.98 Å². The zero-order valence-electron chi connectivity index (χ0n) is 10.4. The fourth-order valence-electron chi connectivity index (χ4n) is 2.12. The Morgan fingerprint density at radius 2 is 2.17 bits per heavy atom. The van der Waals surface area contributed by atoms with Gasteiger partial charge in [0.25, 0.3) is 0 Å². The summed E-state index contributed by atoms with van der Waals surface area (Å²) in [5.74, 6) is -0.951. The molecule has 0 spiro atoms. The molecule has 2 aromatic rings. The Hall–Kier alpha value is -1.88. The number of benzene rings is 1. The molecule has 0 bridgehead atoms. The largest absolute Gasteiger partial charge is 0.478 e. The van der Waals surface area contributed by atoms with Crippen LogP contribution in [0.25, 0.3) is 11.0 Å². The summed E-state index contributed by atoms with van der Waals surface area (Å²) in [6.07, 6.45) is 1.88. The maximum Gasteiger partial charge on any atom is 0.335 e. The van der Waals surface area contributed by atoms with Crippen LogP contribution < -0.4 is 0 Å². The molecule has 1 aromatic carbocycles. The lowest BCUT2D eigenvalue weighted by Gasteiger charge is -2.16. The Morgan fingerprint density at radius 1 is 1.44 bits per heavy atom. The molecular formula is C13H16N2O3. The number of carbonyl (C=O) groups is 1. The van der Waals surface area contributed by atoms with E-state index in [1.807, 2.05) is 11.5 Å². The Balaban J connectivity index is 2.45. The van der Waals surface area contributed by atoms with Crippen molar-refractivity contribution in [2.75, 3.05) is 0 Å². The lowest BCUT2D eigenvalue weighted by Crippen LogP contribution is -2.11. The standard InChI is InChI=1S/C13H16N2O3/c1-8(5-9(2)16)15-7-14-11-4-3-10(13(17)18)6-12(11)15/h3-4,6-9,16H,5H2,1-2H3,(H,17,18). The zero-order chi connectivity index (χ0) is 13.3. The molecule has 1 aromatic heterocycles. The first kappa shape index (κ1) is 12.6. The van der Waals surface area contributed by atoms with Gasteiger partial charge in [-0.2, -0.15) is 0 Å². The van der Waals surface area contributed by atoms with Crippen LogP contribution in [0.4, 0.5) is 0 Å². The Labute approximate surface area is 105 Å². The highest BCUT2D eigenvalue weighted by molar-refractivity contribution is 5.92. The maximum atomic E-state index is 11.0. The van der Waals surface area contributed by atoms with Crippen molar-refractivity contribution in [3.8, 4) is 0 Å². The fourth-order valence-corrected chi connectivity index (χ4v) is 2.12. The summed E-state index contributed by atoms with van der Waals surface area (Å²) in [5.41, 5.74) is 1.79. The van der Waals surface area contributed by atoms with Crippen molar-refractivity contribution in [1.29, 1.82) is 0 Å². The number of aromatic nitrogens is 2. The minimum Gasteiger partial charge on any atom is -0.478 e. The number of carboxylic acids is 1. The lowest BCUT2D eigenvalue weighted by atomic mass is 10.1. The average Bonchev–Trinajstić information content (AvgIpc) is 2.70. The second-order valence-electron chi connectivity index (χ2n) is 4.59. The summed E-state index contributed by atoms with van der Waals surface area (Å²) >= 11 is 0. The summed E-state index contributed by atoms with van der Waals surface area (Å²) in [6, 6.07) is 4.92. The fraction of sp³-hybridized carbons (Fsp3) is 0.385. The minimum absolute atomic E-state index is 0.0686. The molecule has 0 fully saturated rings. The van der Waals surface area contributed by atoms with Crippen molar-refractivity contribution < 1.29 is 15.0 Å². The van der Waals surface area contributed by atoms with Gasteiger partial charge >= 0.3 is 5.97 Å². The number of carboxylic acid groups (broad SMARTS) is 1. The Morgan fingerprint density at radius 3 is 2.78 bits per heavy atom. The van der Waals surface area contributed by atoms with E-state index >= 15 is 0 Å². The molecule has 5 nitrogen and oxygen atoms in total. The molecule has 96 valence electrons. The number of aliphatic hydroxyl groups is 1. The van der Waals surface area contributed by atoms with E-state index in [-0.39, 0.29) is 11.6 Å². The van der Waals surface area contributed by atoms with Crippen LogP contribution in [0.5, 0.6) is 0 Å². The molecule has 0 aliphatic heterocycles. The zero-order valence-corrected chi connectivity index (χ0v) is 10.4. The van der Waals surface area contributed by atoms with Crippen LogP contribution in [0.1, 0.15) is 36.7 Å². The van der Waals surface area contributed by atoms with Gasteiger partial charge in [-0.05, 0) is 38.5 Å². The number of hydrogen-bond acceptors (Lipinski definition) is 3.